The third kappa shape index (κ3) is 3.97. The van der Waals surface area contributed by atoms with Crippen molar-refractivity contribution in [2.75, 3.05) is 11.9 Å². The zero-order chi connectivity index (χ0) is 13.8. The van der Waals surface area contributed by atoms with Gasteiger partial charge in [0.1, 0.15) is 11.5 Å². The average Bonchev–Trinajstić information content (AvgIpc) is 2.73. The molecule has 1 N–H and O–H groups in total. The lowest BCUT2D eigenvalue weighted by Crippen LogP contribution is -2.20. The van der Waals surface area contributed by atoms with Crippen LogP contribution in [0, 0.1) is 6.92 Å². The van der Waals surface area contributed by atoms with Gasteiger partial charge < -0.3 is 14.6 Å². The van der Waals surface area contributed by atoms with E-state index in [2.05, 4.69) is 26.4 Å². The molecule has 0 aliphatic carbocycles. The molecule has 19 heavy (non-hydrogen) atoms. The lowest BCUT2D eigenvalue weighted by Gasteiger charge is -2.07. The summed E-state index contributed by atoms with van der Waals surface area (Å²) in [5, 5.41) is 6.62. The minimum atomic E-state index is -0.340. The maximum atomic E-state index is 11.6. The van der Waals surface area contributed by atoms with Crippen molar-refractivity contribution in [2.45, 2.75) is 6.92 Å². The predicted octanol–water partition coefficient (Wildman–Crippen LogP) is 3.42. The lowest BCUT2D eigenvalue weighted by atomic mass is 10.3. The number of carbonyl (C=O) groups is 1. The second kappa shape index (κ2) is 6.08. The minimum absolute atomic E-state index is 0.159. The Morgan fingerprint density at radius 1 is 1.53 bits per heavy atom. The van der Waals surface area contributed by atoms with E-state index in [-0.39, 0.29) is 12.5 Å². The minimum Gasteiger partial charge on any atom is -0.482 e. The van der Waals surface area contributed by atoms with Gasteiger partial charge in [0.15, 0.2) is 12.4 Å². The number of carbonyl (C=O) groups excluding carboxylic acids is 1. The highest BCUT2D eigenvalue weighted by Crippen LogP contribution is 2.27. The van der Waals surface area contributed by atoms with Crippen molar-refractivity contribution in [1.82, 2.24) is 5.16 Å². The monoisotopic (exact) mass is 344 g/mol. The van der Waals surface area contributed by atoms with Crippen molar-refractivity contribution in [3.63, 3.8) is 0 Å². The van der Waals surface area contributed by atoms with E-state index < -0.39 is 0 Å². The average molecular weight is 346 g/mol. The molecule has 0 atom stereocenters. The van der Waals surface area contributed by atoms with Crippen LogP contribution in [0.2, 0.25) is 5.02 Å². The molecular weight excluding hydrogens is 336 g/mol. The van der Waals surface area contributed by atoms with Crippen LogP contribution in [0.25, 0.3) is 0 Å². The molecule has 5 nitrogen and oxygen atoms in total. The zero-order valence-corrected chi connectivity index (χ0v) is 12.3. The first kappa shape index (κ1) is 13.9. The summed E-state index contributed by atoms with van der Waals surface area (Å²) in [5.41, 5.74) is 0. The van der Waals surface area contributed by atoms with Gasteiger partial charge in [-0.15, -0.1) is 0 Å². The molecule has 0 fully saturated rings. The molecule has 1 amide bonds. The van der Waals surface area contributed by atoms with Gasteiger partial charge in [-0.05, 0) is 25.1 Å². The van der Waals surface area contributed by atoms with Gasteiger partial charge in [-0.1, -0.05) is 32.7 Å². The molecule has 100 valence electrons. The van der Waals surface area contributed by atoms with Crippen LogP contribution in [0.3, 0.4) is 0 Å². The molecule has 0 bridgehead atoms. The Bertz CT molecular complexity index is 600. The van der Waals surface area contributed by atoms with Crippen molar-refractivity contribution in [3.8, 4) is 5.75 Å². The molecule has 2 rings (SSSR count). The van der Waals surface area contributed by atoms with Crippen LogP contribution in [0.1, 0.15) is 5.76 Å². The molecular formula is C12H10BrClN2O3. The van der Waals surface area contributed by atoms with Crippen molar-refractivity contribution in [3.05, 3.63) is 39.5 Å². The molecule has 2 aromatic rings. The summed E-state index contributed by atoms with van der Waals surface area (Å²) >= 11 is 9.25. The fourth-order valence-electron chi connectivity index (χ4n) is 1.34. The van der Waals surface area contributed by atoms with Gasteiger partial charge >= 0.3 is 0 Å². The van der Waals surface area contributed by atoms with E-state index in [0.717, 1.165) is 4.47 Å². The number of hydrogen-bond donors (Lipinski definition) is 1. The van der Waals surface area contributed by atoms with Crippen LogP contribution in [0.5, 0.6) is 5.75 Å². The van der Waals surface area contributed by atoms with Gasteiger partial charge in [-0.3, -0.25) is 4.79 Å². The summed E-state index contributed by atoms with van der Waals surface area (Å²) < 4.78 is 11.0. The molecule has 0 aliphatic rings. The highest BCUT2D eigenvalue weighted by molar-refractivity contribution is 9.10. The van der Waals surface area contributed by atoms with Crippen LogP contribution in [-0.4, -0.2) is 17.7 Å². The molecule has 1 aromatic carbocycles. The van der Waals surface area contributed by atoms with Crippen molar-refractivity contribution in [2.24, 2.45) is 0 Å². The third-order valence-corrected chi connectivity index (χ3v) is 2.94. The van der Waals surface area contributed by atoms with Crippen LogP contribution in [-0.2, 0) is 4.79 Å². The van der Waals surface area contributed by atoms with Crippen LogP contribution in [0.15, 0.2) is 33.3 Å². The van der Waals surface area contributed by atoms with E-state index in [1.54, 1.807) is 31.2 Å². The van der Waals surface area contributed by atoms with E-state index >= 15 is 0 Å². The largest absolute Gasteiger partial charge is 0.482 e. The number of rotatable bonds is 4. The van der Waals surface area contributed by atoms with E-state index in [1.807, 2.05) is 0 Å². The number of nitrogens with one attached hydrogen (secondary N) is 1. The van der Waals surface area contributed by atoms with Gasteiger partial charge in [0.25, 0.3) is 5.91 Å². The molecule has 0 saturated heterocycles. The predicted molar refractivity (Wildman–Crippen MR) is 74.5 cm³/mol. The van der Waals surface area contributed by atoms with Crippen molar-refractivity contribution < 1.29 is 14.1 Å². The molecule has 0 saturated carbocycles. The van der Waals surface area contributed by atoms with Crippen molar-refractivity contribution in [1.29, 1.82) is 0 Å². The Kier molecular flexibility index (Phi) is 4.44. The van der Waals surface area contributed by atoms with Gasteiger partial charge in [-0.2, -0.15) is 0 Å². The first-order chi connectivity index (χ1) is 9.04. The highest BCUT2D eigenvalue weighted by Gasteiger charge is 2.08. The second-order valence-corrected chi connectivity index (χ2v) is 5.06. The quantitative estimate of drug-likeness (QED) is 0.922. The Morgan fingerprint density at radius 2 is 2.32 bits per heavy atom. The highest BCUT2D eigenvalue weighted by atomic mass is 79.9. The van der Waals surface area contributed by atoms with Crippen LogP contribution < -0.4 is 10.1 Å². The molecule has 7 heteroatoms. The molecule has 0 aliphatic heterocycles. The lowest BCUT2D eigenvalue weighted by molar-refractivity contribution is -0.118. The number of halogens is 2. The first-order valence-electron chi connectivity index (χ1n) is 5.35. The normalized spacial score (nSPS) is 10.3. The van der Waals surface area contributed by atoms with E-state index in [1.165, 1.54) is 0 Å². The summed E-state index contributed by atoms with van der Waals surface area (Å²) in [7, 11) is 0. The Balaban J connectivity index is 1.89. The Hall–Kier alpha value is -1.53. The number of benzene rings is 1. The van der Waals surface area contributed by atoms with Gasteiger partial charge in [0.05, 0.1) is 5.02 Å². The smallest absolute Gasteiger partial charge is 0.263 e. The molecule has 0 spiro atoms. The Labute approximate surface area is 123 Å². The maximum absolute atomic E-state index is 11.6. The fourth-order valence-corrected chi connectivity index (χ4v) is 2.07. The number of anilines is 1. The molecule has 1 heterocycles. The number of aryl methyl sites for hydroxylation is 1. The summed E-state index contributed by atoms with van der Waals surface area (Å²) in [4.78, 5) is 11.6. The van der Waals surface area contributed by atoms with Crippen molar-refractivity contribution >= 4 is 39.3 Å². The number of hydrogen-bond acceptors (Lipinski definition) is 4. The maximum Gasteiger partial charge on any atom is 0.263 e. The summed E-state index contributed by atoms with van der Waals surface area (Å²) in [6, 6.07) is 6.76. The number of nitrogens with zero attached hydrogens (tertiary/aromatic N) is 1. The first-order valence-corrected chi connectivity index (χ1v) is 6.53. The van der Waals surface area contributed by atoms with Gasteiger partial charge in [-0.25, -0.2) is 0 Å². The number of ether oxygens (including phenoxy) is 1. The van der Waals surface area contributed by atoms with E-state index in [0.29, 0.717) is 22.4 Å². The Morgan fingerprint density at radius 3 is 2.95 bits per heavy atom. The third-order valence-electron chi connectivity index (χ3n) is 2.15. The second-order valence-electron chi connectivity index (χ2n) is 3.73. The molecule has 0 radical (unpaired) electrons. The summed E-state index contributed by atoms with van der Waals surface area (Å²) in [5.74, 6) is 1.07. The standard InChI is InChI=1S/C12H10BrClN2O3/c1-7-4-11(16-19-7)15-12(17)6-18-10-3-2-8(13)5-9(10)14/h2-5H,6H2,1H3,(H,15,16,17). The van der Waals surface area contributed by atoms with Crippen LogP contribution in [0.4, 0.5) is 5.82 Å². The zero-order valence-electron chi connectivity index (χ0n) is 9.94. The van der Waals surface area contributed by atoms with E-state index in [4.69, 9.17) is 20.9 Å². The SMILES string of the molecule is Cc1cc(NC(=O)COc2ccc(Br)cc2Cl)no1. The van der Waals surface area contributed by atoms with Gasteiger partial charge in [0.2, 0.25) is 0 Å². The summed E-state index contributed by atoms with van der Waals surface area (Å²) in [6.07, 6.45) is 0. The van der Waals surface area contributed by atoms with Crippen LogP contribution >= 0.6 is 27.5 Å². The number of amides is 1. The molecule has 1 aromatic heterocycles. The topological polar surface area (TPSA) is 64.4 Å². The number of aromatic nitrogens is 1. The molecule has 0 unspecified atom stereocenters. The fraction of sp³-hybridized carbons (Fsp3) is 0.167. The van der Waals surface area contributed by atoms with Gasteiger partial charge in [0, 0.05) is 10.5 Å². The van der Waals surface area contributed by atoms with E-state index in [9.17, 15) is 4.79 Å². The summed E-state index contributed by atoms with van der Waals surface area (Å²) in [6.45, 7) is 1.58.